The summed E-state index contributed by atoms with van der Waals surface area (Å²) >= 11 is 0. The van der Waals surface area contributed by atoms with Gasteiger partial charge in [0.25, 0.3) is 5.91 Å². The van der Waals surface area contributed by atoms with E-state index in [2.05, 4.69) is 6.92 Å². The van der Waals surface area contributed by atoms with Crippen LogP contribution in [0.5, 0.6) is 0 Å². The Kier molecular flexibility index (Phi) is 2.86. The third kappa shape index (κ3) is 2.27. The third-order valence-corrected chi connectivity index (χ3v) is 2.59. The number of allylic oxidation sites excluding steroid dienone is 6. The van der Waals surface area contributed by atoms with E-state index < -0.39 is 0 Å². The van der Waals surface area contributed by atoms with Gasteiger partial charge < -0.3 is 4.90 Å². The molecule has 0 spiro atoms. The summed E-state index contributed by atoms with van der Waals surface area (Å²) in [7, 11) is 0. The fourth-order valence-corrected chi connectivity index (χ4v) is 1.76. The number of amides is 1. The first-order valence-electron chi connectivity index (χ1n) is 5.28. The predicted octanol–water partition coefficient (Wildman–Crippen LogP) is 2.07. The molecule has 1 aliphatic carbocycles. The Labute approximate surface area is 90.3 Å². The number of carbonyl (C=O) groups excluding carboxylic acids is 1. The topological polar surface area (TPSA) is 20.3 Å². The van der Waals surface area contributed by atoms with Crippen molar-refractivity contribution in [3.05, 3.63) is 48.1 Å². The molecule has 0 unspecified atom stereocenters. The van der Waals surface area contributed by atoms with E-state index in [4.69, 9.17) is 0 Å². The van der Waals surface area contributed by atoms with Crippen molar-refractivity contribution < 1.29 is 4.79 Å². The highest BCUT2D eigenvalue weighted by atomic mass is 16.2. The number of hydrogen-bond acceptors (Lipinski definition) is 1. The van der Waals surface area contributed by atoms with E-state index in [9.17, 15) is 4.79 Å². The second kappa shape index (κ2) is 4.30. The van der Waals surface area contributed by atoms with E-state index in [1.165, 1.54) is 0 Å². The fourth-order valence-electron chi connectivity index (χ4n) is 1.76. The highest BCUT2D eigenvalue weighted by Gasteiger charge is 2.27. The zero-order valence-electron chi connectivity index (χ0n) is 8.89. The molecule has 0 radical (unpaired) electrons. The molecular formula is C13H15NO. The summed E-state index contributed by atoms with van der Waals surface area (Å²) in [6.45, 7) is 3.95. The molecule has 2 rings (SSSR count). The van der Waals surface area contributed by atoms with E-state index in [-0.39, 0.29) is 5.91 Å². The molecule has 0 atom stereocenters. The second-order valence-corrected chi connectivity index (χ2v) is 4.07. The summed E-state index contributed by atoms with van der Waals surface area (Å²) in [4.78, 5) is 13.8. The molecule has 1 amide bonds. The highest BCUT2D eigenvalue weighted by molar-refractivity contribution is 5.97. The molecule has 1 saturated heterocycles. The normalized spacial score (nSPS) is 20.6. The van der Waals surface area contributed by atoms with Gasteiger partial charge in [0.1, 0.15) is 0 Å². The number of nitrogens with zero attached hydrogens (tertiary/aromatic N) is 1. The third-order valence-electron chi connectivity index (χ3n) is 2.59. The molecule has 0 aromatic heterocycles. The zero-order valence-corrected chi connectivity index (χ0v) is 8.89. The van der Waals surface area contributed by atoms with Crippen molar-refractivity contribution in [2.75, 3.05) is 13.1 Å². The van der Waals surface area contributed by atoms with Crippen LogP contribution in [0.3, 0.4) is 0 Å². The lowest BCUT2D eigenvalue weighted by Gasteiger charge is -2.37. The van der Waals surface area contributed by atoms with Crippen molar-refractivity contribution in [3.63, 3.8) is 0 Å². The molecule has 1 fully saturated rings. The van der Waals surface area contributed by atoms with Crippen LogP contribution in [0, 0.1) is 5.92 Å². The maximum atomic E-state index is 11.9. The first-order chi connectivity index (χ1) is 7.27. The molecule has 1 aliphatic heterocycles. The largest absolute Gasteiger partial charge is 0.338 e. The number of hydrogen-bond donors (Lipinski definition) is 0. The fraction of sp³-hybridized carbons (Fsp3) is 0.308. The smallest absolute Gasteiger partial charge is 0.253 e. The number of carbonyl (C=O) groups is 1. The van der Waals surface area contributed by atoms with E-state index in [0.717, 1.165) is 18.7 Å². The summed E-state index contributed by atoms with van der Waals surface area (Å²) < 4.78 is 0. The SMILES string of the molecule is CC1CN(C(=O)C2=CC=CC=CC=C2)C1. The lowest BCUT2D eigenvalue weighted by molar-refractivity contribution is -0.132. The maximum absolute atomic E-state index is 11.9. The summed E-state index contributed by atoms with van der Waals surface area (Å²) in [5.41, 5.74) is 0.766. The van der Waals surface area contributed by atoms with Crippen LogP contribution < -0.4 is 0 Å². The minimum absolute atomic E-state index is 0.143. The number of rotatable bonds is 1. The van der Waals surface area contributed by atoms with Gasteiger partial charge in [-0.1, -0.05) is 37.3 Å². The standard InChI is InChI=1S/C13H15NO/c1-11-9-14(10-11)13(15)12-7-5-3-2-4-6-8-12/h2-8,11H,9-10H2,1H3. The van der Waals surface area contributed by atoms with Crippen molar-refractivity contribution in [3.8, 4) is 0 Å². The van der Waals surface area contributed by atoms with Crippen LogP contribution in [0.1, 0.15) is 6.92 Å². The molecule has 0 saturated carbocycles. The summed E-state index contributed by atoms with van der Waals surface area (Å²) in [6.07, 6.45) is 13.3. The van der Waals surface area contributed by atoms with Crippen molar-refractivity contribution in [1.82, 2.24) is 4.90 Å². The Morgan fingerprint density at radius 2 is 1.87 bits per heavy atom. The van der Waals surface area contributed by atoms with E-state index >= 15 is 0 Å². The molecule has 0 aromatic rings. The predicted molar refractivity (Wildman–Crippen MR) is 61.2 cm³/mol. The van der Waals surface area contributed by atoms with Gasteiger partial charge in [-0.2, -0.15) is 0 Å². The second-order valence-electron chi connectivity index (χ2n) is 4.07. The van der Waals surface area contributed by atoms with Gasteiger partial charge >= 0.3 is 0 Å². The summed E-state index contributed by atoms with van der Waals surface area (Å²) in [5, 5.41) is 0. The monoisotopic (exact) mass is 201 g/mol. The van der Waals surface area contributed by atoms with E-state index in [0.29, 0.717) is 5.92 Å². The van der Waals surface area contributed by atoms with Crippen LogP contribution >= 0.6 is 0 Å². The van der Waals surface area contributed by atoms with Crippen LogP contribution in [0.15, 0.2) is 48.1 Å². The maximum Gasteiger partial charge on any atom is 0.253 e. The van der Waals surface area contributed by atoms with Gasteiger partial charge in [0.15, 0.2) is 0 Å². The van der Waals surface area contributed by atoms with Crippen molar-refractivity contribution >= 4 is 5.91 Å². The van der Waals surface area contributed by atoms with E-state index in [1.807, 2.05) is 47.4 Å². The molecule has 78 valence electrons. The minimum atomic E-state index is 0.143. The van der Waals surface area contributed by atoms with Crippen LogP contribution in [0.2, 0.25) is 0 Å². The average Bonchev–Trinajstić information content (AvgIpc) is 2.11. The molecule has 2 nitrogen and oxygen atoms in total. The van der Waals surface area contributed by atoms with Crippen molar-refractivity contribution in [2.24, 2.45) is 5.92 Å². The molecule has 0 bridgehead atoms. The summed E-state index contributed by atoms with van der Waals surface area (Å²) in [6, 6.07) is 0. The molecule has 1 heterocycles. The average molecular weight is 201 g/mol. The minimum Gasteiger partial charge on any atom is -0.338 e. The molecule has 0 N–H and O–H groups in total. The number of likely N-dealkylation sites (tertiary alicyclic amines) is 1. The van der Waals surface area contributed by atoms with Crippen LogP contribution in [0.25, 0.3) is 0 Å². The summed E-state index contributed by atoms with van der Waals surface area (Å²) in [5.74, 6) is 0.798. The Morgan fingerprint density at radius 1 is 1.20 bits per heavy atom. The van der Waals surface area contributed by atoms with Crippen LogP contribution in [-0.4, -0.2) is 23.9 Å². The van der Waals surface area contributed by atoms with Crippen LogP contribution in [-0.2, 0) is 4.79 Å². The lowest BCUT2D eigenvalue weighted by Crippen LogP contribution is -2.49. The quantitative estimate of drug-likeness (QED) is 0.636. The lowest BCUT2D eigenvalue weighted by atomic mass is 10.0. The molecule has 0 aromatic carbocycles. The zero-order chi connectivity index (χ0) is 10.7. The Bertz CT molecular complexity index is 368. The van der Waals surface area contributed by atoms with Gasteiger partial charge in [-0.3, -0.25) is 4.79 Å². The van der Waals surface area contributed by atoms with Gasteiger partial charge in [-0.05, 0) is 18.1 Å². The van der Waals surface area contributed by atoms with Crippen LogP contribution in [0.4, 0.5) is 0 Å². The molecular weight excluding hydrogens is 186 g/mol. The Hall–Kier alpha value is -1.57. The molecule has 2 aliphatic rings. The molecule has 2 heteroatoms. The van der Waals surface area contributed by atoms with Crippen molar-refractivity contribution in [2.45, 2.75) is 6.92 Å². The first-order valence-corrected chi connectivity index (χ1v) is 5.28. The van der Waals surface area contributed by atoms with Gasteiger partial charge in [0.05, 0.1) is 0 Å². The van der Waals surface area contributed by atoms with Gasteiger partial charge in [0.2, 0.25) is 0 Å². The Balaban J connectivity index is 2.06. The first kappa shape index (κ1) is 9.97. The van der Waals surface area contributed by atoms with Gasteiger partial charge in [-0.15, -0.1) is 0 Å². The van der Waals surface area contributed by atoms with E-state index in [1.54, 1.807) is 0 Å². The van der Waals surface area contributed by atoms with Gasteiger partial charge in [-0.25, -0.2) is 0 Å². The van der Waals surface area contributed by atoms with Gasteiger partial charge in [0, 0.05) is 18.7 Å². The van der Waals surface area contributed by atoms with Crippen molar-refractivity contribution in [1.29, 1.82) is 0 Å². The highest BCUT2D eigenvalue weighted by Crippen LogP contribution is 2.18. The molecule has 15 heavy (non-hydrogen) atoms. The Morgan fingerprint density at radius 3 is 2.60 bits per heavy atom.